The SMILES string of the molecule is CCC(CC)C(O)C(=O)Cc1cccc(OC)c1. The van der Waals surface area contributed by atoms with Crippen molar-refractivity contribution in [2.75, 3.05) is 7.11 Å². The summed E-state index contributed by atoms with van der Waals surface area (Å²) in [5.74, 6) is 0.678. The largest absolute Gasteiger partial charge is 0.497 e. The predicted octanol–water partition coefficient (Wildman–Crippen LogP) is 2.60. The maximum Gasteiger partial charge on any atom is 0.165 e. The lowest BCUT2D eigenvalue weighted by molar-refractivity contribution is -0.129. The molecule has 0 saturated heterocycles. The molecule has 0 spiro atoms. The third-order valence-corrected chi connectivity index (χ3v) is 3.34. The number of aliphatic hydroxyl groups is 1. The highest BCUT2D eigenvalue weighted by Crippen LogP contribution is 2.18. The summed E-state index contributed by atoms with van der Waals surface area (Å²) in [5.41, 5.74) is 0.879. The Balaban J connectivity index is 2.68. The van der Waals surface area contributed by atoms with E-state index in [2.05, 4.69) is 0 Å². The summed E-state index contributed by atoms with van der Waals surface area (Å²) in [4.78, 5) is 12.0. The van der Waals surface area contributed by atoms with Gasteiger partial charge in [-0.2, -0.15) is 0 Å². The van der Waals surface area contributed by atoms with Crippen molar-refractivity contribution in [1.29, 1.82) is 0 Å². The van der Waals surface area contributed by atoms with E-state index in [1.807, 2.05) is 38.1 Å². The van der Waals surface area contributed by atoms with Crippen LogP contribution in [-0.4, -0.2) is 24.1 Å². The lowest BCUT2D eigenvalue weighted by atomic mass is 9.91. The van der Waals surface area contributed by atoms with Crippen LogP contribution in [0.4, 0.5) is 0 Å². The Morgan fingerprint density at radius 1 is 1.33 bits per heavy atom. The number of rotatable bonds is 7. The quantitative estimate of drug-likeness (QED) is 0.809. The maximum absolute atomic E-state index is 12.0. The second kappa shape index (κ2) is 7.17. The van der Waals surface area contributed by atoms with Gasteiger partial charge in [0.2, 0.25) is 0 Å². The molecule has 3 nitrogen and oxygen atoms in total. The zero-order valence-corrected chi connectivity index (χ0v) is 11.3. The average molecular weight is 250 g/mol. The van der Waals surface area contributed by atoms with Crippen LogP contribution in [0.15, 0.2) is 24.3 Å². The Bertz CT molecular complexity index is 383. The van der Waals surface area contributed by atoms with Crippen LogP contribution in [0.1, 0.15) is 32.3 Å². The van der Waals surface area contributed by atoms with Crippen molar-refractivity contribution in [2.45, 2.75) is 39.2 Å². The minimum Gasteiger partial charge on any atom is -0.497 e. The molecule has 0 aliphatic carbocycles. The van der Waals surface area contributed by atoms with Gasteiger partial charge in [-0.05, 0) is 23.6 Å². The summed E-state index contributed by atoms with van der Waals surface area (Å²) < 4.78 is 5.11. The lowest BCUT2D eigenvalue weighted by Gasteiger charge is -2.18. The molecule has 0 aliphatic rings. The van der Waals surface area contributed by atoms with Gasteiger partial charge in [0, 0.05) is 6.42 Å². The number of methoxy groups -OCH3 is 1. The molecule has 1 atom stereocenters. The van der Waals surface area contributed by atoms with E-state index in [-0.39, 0.29) is 18.1 Å². The summed E-state index contributed by atoms with van der Waals surface area (Å²) in [6.45, 7) is 3.99. The highest BCUT2D eigenvalue weighted by Gasteiger charge is 2.23. The highest BCUT2D eigenvalue weighted by atomic mass is 16.5. The fourth-order valence-corrected chi connectivity index (χ4v) is 2.09. The van der Waals surface area contributed by atoms with E-state index in [9.17, 15) is 9.90 Å². The molecule has 1 aromatic carbocycles. The van der Waals surface area contributed by atoms with Gasteiger partial charge in [0.1, 0.15) is 11.9 Å². The third kappa shape index (κ3) is 3.84. The van der Waals surface area contributed by atoms with Crippen molar-refractivity contribution in [1.82, 2.24) is 0 Å². The van der Waals surface area contributed by atoms with Crippen molar-refractivity contribution in [3.8, 4) is 5.75 Å². The highest BCUT2D eigenvalue weighted by molar-refractivity contribution is 5.85. The number of hydrogen-bond donors (Lipinski definition) is 1. The molecular weight excluding hydrogens is 228 g/mol. The summed E-state index contributed by atoms with van der Waals surface area (Å²) in [5, 5.41) is 9.98. The minimum absolute atomic E-state index is 0.0584. The maximum atomic E-state index is 12.0. The van der Waals surface area contributed by atoms with Gasteiger partial charge in [0.15, 0.2) is 5.78 Å². The molecule has 18 heavy (non-hydrogen) atoms. The van der Waals surface area contributed by atoms with Crippen LogP contribution >= 0.6 is 0 Å². The van der Waals surface area contributed by atoms with E-state index in [0.717, 1.165) is 24.2 Å². The Morgan fingerprint density at radius 2 is 2.00 bits per heavy atom. The van der Waals surface area contributed by atoms with Gasteiger partial charge < -0.3 is 9.84 Å². The number of carbonyl (C=O) groups excluding carboxylic acids is 1. The Morgan fingerprint density at radius 3 is 2.56 bits per heavy atom. The molecule has 0 radical (unpaired) electrons. The monoisotopic (exact) mass is 250 g/mol. The Kier molecular flexibility index (Phi) is 5.86. The smallest absolute Gasteiger partial charge is 0.165 e. The molecule has 0 amide bonds. The first-order chi connectivity index (χ1) is 8.62. The first kappa shape index (κ1) is 14.7. The molecule has 1 N–H and O–H groups in total. The molecule has 0 aromatic heterocycles. The number of hydrogen-bond acceptors (Lipinski definition) is 3. The number of carbonyl (C=O) groups is 1. The molecule has 0 fully saturated rings. The number of benzene rings is 1. The van der Waals surface area contributed by atoms with Gasteiger partial charge in [-0.15, -0.1) is 0 Å². The van der Waals surface area contributed by atoms with E-state index >= 15 is 0 Å². The molecule has 3 heteroatoms. The molecule has 0 aliphatic heterocycles. The van der Waals surface area contributed by atoms with Crippen LogP contribution in [0, 0.1) is 5.92 Å². The van der Waals surface area contributed by atoms with E-state index in [4.69, 9.17) is 4.74 Å². The van der Waals surface area contributed by atoms with Crippen molar-refractivity contribution >= 4 is 5.78 Å². The topological polar surface area (TPSA) is 46.5 Å². The summed E-state index contributed by atoms with van der Waals surface area (Å²) in [6, 6.07) is 7.40. The van der Waals surface area contributed by atoms with E-state index in [1.165, 1.54) is 0 Å². The zero-order valence-electron chi connectivity index (χ0n) is 11.3. The van der Waals surface area contributed by atoms with Crippen molar-refractivity contribution in [3.05, 3.63) is 29.8 Å². The van der Waals surface area contributed by atoms with Gasteiger partial charge in [-0.25, -0.2) is 0 Å². The van der Waals surface area contributed by atoms with Crippen LogP contribution in [0.3, 0.4) is 0 Å². The summed E-state index contributed by atoms with van der Waals surface area (Å²) >= 11 is 0. The van der Waals surface area contributed by atoms with E-state index in [0.29, 0.717) is 0 Å². The van der Waals surface area contributed by atoms with Crippen molar-refractivity contribution < 1.29 is 14.6 Å². The molecule has 1 aromatic rings. The Labute approximate surface area is 109 Å². The normalized spacial score (nSPS) is 12.5. The molecule has 100 valence electrons. The summed E-state index contributed by atoms with van der Waals surface area (Å²) in [7, 11) is 1.60. The first-order valence-electron chi connectivity index (χ1n) is 6.46. The van der Waals surface area contributed by atoms with Crippen LogP contribution < -0.4 is 4.74 Å². The van der Waals surface area contributed by atoms with Gasteiger partial charge in [0.25, 0.3) is 0 Å². The second-order valence-electron chi connectivity index (χ2n) is 4.52. The molecule has 0 bridgehead atoms. The predicted molar refractivity (Wildman–Crippen MR) is 71.8 cm³/mol. The first-order valence-corrected chi connectivity index (χ1v) is 6.46. The molecule has 0 heterocycles. The van der Waals surface area contributed by atoms with Gasteiger partial charge in [-0.1, -0.05) is 38.8 Å². The minimum atomic E-state index is -0.855. The van der Waals surface area contributed by atoms with Crippen LogP contribution in [0.25, 0.3) is 0 Å². The summed E-state index contributed by atoms with van der Waals surface area (Å²) in [6.07, 6.45) is 1.05. The number of Topliss-reactive ketones (excluding diaryl/α,β-unsaturated/α-hetero) is 1. The number of ketones is 1. The molecular formula is C15H22O3. The Hall–Kier alpha value is -1.35. The molecule has 1 unspecified atom stereocenters. The van der Waals surface area contributed by atoms with Crippen LogP contribution in [0.2, 0.25) is 0 Å². The van der Waals surface area contributed by atoms with Gasteiger partial charge in [-0.3, -0.25) is 4.79 Å². The van der Waals surface area contributed by atoms with E-state index < -0.39 is 6.10 Å². The fraction of sp³-hybridized carbons (Fsp3) is 0.533. The fourth-order valence-electron chi connectivity index (χ4n) is 2.09. The zero-order chi connectivity index (χ0) is 13.5. The lowest BCUT2D eigenvalue weighted by Crippen LogP contribution is -2.30. The van der Waals surface area contributed by atoms with E-state index in [1.54, 1.807) is 7.11 Å². The van der Waals surface area contributed by atoms with Crippen molar-refractivity contribution in [3.63, 3.8) is 0 Å². The number of ether oxygens (including phenoxy) is 1. The number of aliphatic hydroxyl groups excluding tert-OH is 1. The van der Waals surface area contributed by atoms with Gasteiger partial charge >= 0.3 is 0 Å². The molecule has 0 saturated carbocycles. The standard InChI is InChI=1S/C15H22O3/c1-4-12(5-2)15(17)14(16)10-11-7-6-8-13(9-11)18-3/h6-9,12,15,17H,4-5,10H2,1-3H3. The van der Waals surface area contributed by atoms with Crippen LogP contribution in [0.5, 0.6) is 5.75 Å². The molecule has 1 rings (SSSR count). The van der Waals surface area contributed by atoms with Gasteiger partial charge in [0.05, 0.1) is 7.11 Å². The average Bonchev–Trinajstić information content (AvgIpc) is 2.40. The second-order valence-corrected chi connectivity index (χ2v) is 4.52. The third-order valence-electron chi connectivity index (χ3n) is 3.34. The van der Waals surface area contributed by atoms with Crippen molar-refractivity contribution in [2.24, 2.45) is 5.92 Å². The van der Waals surface area contributed by atoms with Crippen LogP contribution in [-0.2, 0) is 11.2 Å².